The van der Waals surface area contributed by atoms with Crippen molar-refractivity contribution in [2.24, 2.45) is 0 Å². The molecule has 1 amide bonds. The lowest BCUT2D eigenvalue weighted by Crippen LogP contribution is -2.47. The number of hydrogen-bond donors (Lipinski definition) is 1. The first-order valence-corrected chi connectivity index (χ1v) is 14.8. The number of hydrogen-bond acceptors (Lipinski definition) is 8. The molecule has 3 aromatic carbocycles. The van der Waals surface area contributed by atoms with Gasteiger partial charge in [-0.2, -0.15) is 0 Å². The molecule has 0 saturated heterocycles. The molecule has 3 rings (SSSR count). The Hall–Kier alpha value is -2.88. The Balaban J connectivity index is 1.78. The number of nitrogens with zero attached hydrogens (tertiary/aromatic N) is 1. The summed E-state index contributed by atoms with van der Waals surface area (Å²) in [6.07, 6.45) is -2.20. The fourth-order valence-corrected chi connectivity index (χ4v) is 5.07. The van der Waals surface area contributed by atoms with Gasteiger partial charge in [-0.15, -0.1) is 0 Å². The van der Waals surface area contributed by atoms with Gasteiger partial charge in [-0.05, 0) is 23.1 Å². The van der Waals surface area contributed by atoms with E-state index in [0.29, 0.717) is 6.41 Å². The van der Waals surface area contributed by atoms with Crippen molar-refractivity contribution in [2.45, 2.75) is 44.6 Å². The highest BCUT2D eigenvalue weighted by Gasteiger charge is 2.34. The average molecular weight is 572 g/mol. The lowest BCUT2D eigenvalue weighted by Gasteiger charge is -2.32. The number of aliphatic hydroxyl groups is 1. The highest BCUT2D eigenvalue weighted by atomic mass is 31.2. The summed E-state index contributed by atoms with van der Waals surface area (Å²) in [4.78, 5) is 17.7. The predicted molar refractivity (Wildman–Crippen MR) is 151 cm³/mol. The molecule has 0 bridgehead atoms. The molecule has 216 valence electrons. The van der Waals surface area contributed by atoms with Crippen molar-refractivity contribution in [3.8, 4) is 0 Å². The molecule has 3 aromatic rings. The second-order valence-electron chi connectivity index (χ2n) is 9.11. The van der Waals surface area contributed by atoms with Gasteiger partial charge in [0.1, 0.15) is 18.8 Å². The lowest BCUT2D eigenvalue weighted by molar-refractivity contribution is -0.201. The van der Waals surface area contributed by atoms with Gasteiger partial charge in [-0.3, -0.25) is 14.2 Å². The summed E-state index contributed by atoms with van der Waals surface area (Å²) < 4.78 is 35.3. The minimum atomic E-state index is -3.37. The van der Waals surface area contributed by atoms with Gasteiger partial charge in [0.05, 0.1) is 32.0 Å². The highest BCUT2D eigenvalue weighted by Crippen LogP contribution is 2.47. The third-order valence-corrected chi connectivity index (χ3v) is 8.26. The Bertz CT molecular complexity index is 1140. The summed E-state index contributed by atoms with van der Waals surface area (Å²) in [6.45, 7) is 0.496. The summed E-state index contributed by atoms with van der Waals surface area (Å²) in [6, 6.07) is 28.4. The number of amides is 1. The monoisotopic (exact) mass is 571 g/mol. The van der Waals surface area contributed by atoms with Gasteiger partial charge < -0.3 is 23.6 Å². The molecular weight excluding hydrogens is 533 g/mol. The molecule has 0 heterocycles. The van der Waals surface area contributed by atoms with Crippen molar-refractivity contribution in [1.29, 1.82) is 0 Å². The van der Waals surface area contributed by atoms with E-state index in [1.807, 2.05) is 91.0 Å². The maximum Gasteiger partial charge on any atom is 0.330 e. The molecule has 0 aromatic heterocycles. The molecular formula is C30H38NO8P. The van der Waals surface area contributed by atoms with Crippen LogP contribution in [0.4, 0.5) is 0 Å². The standard InChI is InChI=1S/C30H38NO8P/c1-35-40(34,36-2)19-18-28(37-21-25-12-6-3-7-13-25)30(33)29(38-22-26-14-8-4-9-15-26)20-31(24-32)39-23-27-16-10-5-11-17-27/h3-17,24,28-30,33H,18-23H2,1-2H3. The van der Waals surface area contributed by atoms with Crippen molar-refractivity contribution < 1.29 is 37.8 Å². The van der Waals surface area contributed by atoms with Crippen LogP contribution >= 0.6 is 7.60 Å². The van der Waals surface area contributed by atoms with Crippen LogP contribution in [0.2, 0.25) is 0 Å². The van der Waals surface area contributed by atoms with Gasteiger partial charge in [-0.1, -0.05) is 91.0 Å². The van der Waals surface area contributed by atoms with Crippen molar-refractivity contribution in [1.82, 2.24) is 5.06 Å². The Morgan fingerprint density at radius 3 is 1.65 bits per heavy atom. The predicted octanol–water partition coefficient (Wildman–Crippen LogP) is 4.98. The van der Waals surface area contributed by atoms with Crippen LogP contribution in [-0.4, -0.2) is 61.8 Å². The normalized spacial score (nSPS) is 13.9. The van der Waals surface area contributed by atoms with Gasteiger partial charge in [0.25, 0.3) is 0 Å². The van der Waals surface area contributed by atoms with Crippen LogP contribution in [0.25, 0.3) is 0 Å². The first kappa shape index (κ1) is 31.6. The number of hydroxylamine groups is 2. The highest BCUT2D eigenvalue weighted by molar-refractivity contribution is 7.53. The largest absolute Gasteiger partial charge is 0.388 e. The van der Waals surface area contributed by atoms with Crippen molar-refractivity contribution in [3.63, 3.8) is 0 Å². The molecule has 3 atom stereocenters. The van der Waals surface area contributed by atoms with E-state index in [4.69, 9.17) is 23.4 Å². The minimum absolute atomic E-state index is 0.0177. The zero-order chi connectivity index (χ0) is 28.6. The SMILES string of the molecule is COP(=O)(CCC(OCc1ccccc1)C(O)C(CN(C=O)OCc1ccccc1)OCc1ccccc1)OC. The van der Waals surface area contributed by atoms with E-state index in [1.54, 1.807) is 0 Å². The molecule has 0 radical (unpaired) electrons. The van der Waals surface area contributed by atoms with E-state index in [9.17, 15) is 14.5 Å². The van der Waals surface area contributed by atoms with Gasteiger partial charge in [0, 0.05) is 14.2 Å². The second-order valence-corrected chi connectivity index (χ2v) is 11.5. The molecule has 0 aliphatic heterocycles. The summed E-state index contributed by atoms with van der Waals surface area (Å²) in [7, 11) is -0.729. The molecule has 0 fully saturated rings. The first-order chi connectivity index (χ1) is 19.5. The van der Waals surface area contributed by atoms with E-state index >= 15 is 0 Å². The number of benzene rings is 3. The maximum atomic E-state index is 12.8. The molecule has 9 nitrogen and oxygen atoms in total. The lowest BCUT2D eigenvalue weighted by atomic mass is 10.0. The number of ether oxygens (including phenoxy) is 2. The smallest absolute Gasteiger partial charge is 0.330 e. The van der Waals surface area contributed by atoms with Crippen LogP contribution in [0, 0.1) is 0 Å². The summed E-state index contributed by atoms with van der Waals surface area (Å²) in [5.74, 6) is 0. The van der Waals surface area contributed by atoms with E-state index < -0.39 is 25.9 Å². The van der Waals surface area contributed by atoms with E-state index in [-0.39, 0.29) is 38.9 Å². The third-order valence-electron chi connectivity index (χ3n) is 6.34. The van der Waals surface area contributed by atoms with Crippen LogP contribution in [-0.2, 0) is 52.5 Å². The Morgan fingerprint density at radius 2 is 1.20 bits per heavy atom. The van der Waals surface area contributed by atoms with Gasteiger partial charge >= 0.3 is 7.60 Å². The Labute approximate surface area is 236 Å². The van der Waals surface area contributed by atoms with Crippen molar-refractivity contribution >= 4 is 14.0 Å². The van der Waals surface area contributed by atoms with Crippen molar-refractivity contribution in [3.05, 3.63) is 108 Å². The Kier molecular flexibility index (Phi) is 13.5. The van der Waals surface area contributed by atoms with E-state index in [2.05, 4.69) is 0 Å². The fraction of sp³-hybridized carbons (Fsp3) is 0.367. The third kappa shape index (κ3) is 10.6. The Morgan fingerprint density at radius 1 is 0.750 bits per heavy atom. The quantitative estimate of drug-likeness (QED) is 0.122. The second kappa shape index (κ2) is 17.0. The molecule has 40 heavy (non-hydrogen) atoms. The van der Waals surface area contributed by atoms with Gasteiger partial charge in [0.15, 0.2) is 0 Å². The van der Waals surface area contributed by atoms with Crippen LogP contribution in [0.1, 0.15) is 23.1 Å². The molecule has 3 unspecified atom stereocenters. The fourth-order valence-electron chi connectivity index (χ4n) is 3.98. The molecule has 10 heteroatoms. The van der Waals surface area contributed by atoms with Crippen LogP contribution in [0.5, 0.6) is 0 Å². The van der Waals surface area contributed by atoms with Crippen LogP contribution in [0.3, 0.4) is 0 Å². The zero-order valence-corrected chi connectivity index (χ0v) is 23.8. The number of carbonyl (C=O) groups excluding carboxylic acids is 1. The molecule has 0 aliphatic carbocycles. The molecule has 1 N–H and O–H groups in total. The topological polar surface area (TPSA) is 104 Å². The molecule has 0 saturated carbocycles. The van der Waals surface area contributed by atoms with Crippen LogP contribution in [0.15, 0.2) is 91.0 Å². The van der Waals surface area contributed by atoms with E-state index in [1.165, 1.54) is 14.2 Å². The zero-order valence-electron chi connectivity index (χ0n) is 22.9. The van der Waals surface area contributed by atoms with E-state index in [0.717, 1.165) is 21.8 Å². The number of rotatable bonds is 19. The van der Waals surface area contributed by atoms with Gasteiger partial charge in [0.2, 0.25) is 6.41 Å². The van der Waals surface area contributed by atoms with Crippen LogP contribution < -0.4 is 0 Å². The number of carbonyl (C=O) groups is 1. The first-order valence-electron chi connectivity index (χ1n) is 13.0. The maximum absolute atomic E-state index is 12.8. The summed E-state index contributed by atoms with van der Waals surface area (Å²) >= 11 is 0. The molecule has 0 aliphatic rings. The van der Waals surface area contributed by atoms with Crippen molar-refractivity contribution in [2.75, 3.05) is 26.9 Å². The summed E-state index contributed by atoms with van der Waals surface area (Å²) in [5, 5.41) is 12.7. The number of aliphatic hydroxyl groups excluding tert-OH is 1. The summed E-state index contributed by atoms with van der Waals surface area (Å²) in [5.41, 5.74) is 2.69. The molecule has 0 spiro atoms. The van der Waals surface area contributed by atoms with Gasteiger partial charge in [-0.25, -0.2) is 5.06 Å². The minimum Gasteiger partial charge on any atom is -0.388 e. The average Bonchev–Trinajstić information content (AvgIpc) is 3.01.